The van der Waals surface area contributed by atoms with Crippen molar-refractivity contribution in [1.29, 1.82) is 0 Å². The molecule has 5 heteroatoms. The molecular formula is C24H43NaO4. The average molecular weight is 419 g/mol. The molecule has 0 bridgehead atoms. The van der Waals surface area contributed by atoms with Crippen molar-refractivity contribution in [3.63, 3.8) is 0 Å². The largest absolute Gasteiger partial charge is 1.00 e. The van der Waals surface area contributed by atoms with Crippen molar-refractivity contribution in [2.24, 2.45) is 5.92 Å². The fraction of sp³-hybridized carbons (Fsp3) is 0.833. The van der Waals surface area contributed by atoms with Crippen LogP contribution in [0.2, 0.25) is 0 Å². The zero-order valence-electron chi connectivity index (χ0n) is 19.1. The normalized spacial score (nSPS) is 12.0. The minimum atomic E-state index is -1.29. The van der Waals surface area contributed by atoms with Crippen molar-refractivity contribution in [2.75, 3.05) is 0 Å². The first-order valence-electron chi connectivity index (χ1n) is 11.7. The number of carbonyl (C=O) groups is 2. The van der Waals surface area contributed by atoms with E-state index in [1.165, 1.54) is 89.9 Å². The molecule has 0 aromatic rings. The van der Waals surface area contributed by atoms with Gasteiger partial charge in [0.2, 0.25) is 0 Å². The summed E-state index contributed by atoms with van der Waals surface area (Å²) in [4.78, 5) is 21.4. The maximum Gasteiger partial charge on any atom is 1.00 e. The Morgan fingerprint density at radius 2 is 1.17 bits per heavy atom. The summed E-state index contributed by atoms with van der Waals surface area (Å²) >= 11 is 0. The second kappa shape index (κ2) is 24.0. The first-order chi connectivity index (χ1) is 13.6. The Morgan fingerprint density at radius 3 is 1.59 bits per heavy atom. The summed E-state index contributed by atoms with van der Waals surface area (Å²) in [6.07, 6.45) is 24.7. The van der Waals surface area contributed by atoms with Crippen LogP contribution in [0.4, 0.5) is 0 Å². The average Bonchev–Trinajstić information content (AvgIpc) is 2.65. The molecule has 0 aromatic carbocycles. The van der Waals surface area contributed by atoms with Crippen LogP contribution in [0.1, 0.15) is 122 Å². The molecule has 1 atom stereocenters. The molecule has 0 amide bonds. The van der Waals surface area contributed by atoms with Gasteiger partial charge in [-0.1, -0.05) is 103 Å². The number of rotatable bonds is 21. The quantitative estimate of drug-likeness (QED) is 0.177. The van der Waals surface area contributed by atoms with Crippen LogP contribution in [0.25, 0.3) is 0 Å². The van der Waals surface area contributed by atoms with Gasteiger partial charge in [-0.3, -0.25) is 4.79 Å². The minimum Gasteiger partial charge on any atom is -0.550 e. The number of carboxylic acid groups (broad SMARTS) is 2. The molecule has 4 nitrogen and oxygen atoms in total. The monoisotopic (exact) mass is 418 g/mol. The van der Waals surface area contributed by atoms with Crippen LogP contribution in [0, 0.1) is 5.92 Å². The summed E-state index contributed by atoms with van der Waals surface area (Å²) in [7, 11) is 0. The molecule has 0 saturated heterocycles. The van der Waals surface area contributed by atoms with Crippen LogP contribution in [-0.2, 0) is 9.59 Å². The summed E-state index contributed by atoms with van der Waals surface area (Å²) in [6.45, 7) is 2.26. The summed E-state index contributed by atoms with van der Waals surface area (Å²) in [6, 6.07) is 0. The molecule has 0 radical (unpaired) electrons. The molecule has 0 aromatic heterocycles. The molecule has 0 fully saturated rings. The van der Waals surface area contributed by atoms with Crippen LogP contribution in [0.15, 0.2) is 12.2 Å². The van der Waals surface area contributed by atoms with E-state index in [2.05, 4.69) is 13.0 Å². The van der Waals surface area contributed by atoms with Crippen LogP contribution in [-0.4, -0.2) is 17.0 Å². The maximum atomic E-state index is 10.9. The van der Waals surface area contributed by atoms with E-state index in [4.69, 9.17) is 5.11 Å². The van der Waals surface area contributed by atoms with Gasteiger partial charge < -0.3 is 15.0 Å². The Kier molecular flexibility index (Phi) is 25.5. The van der Waals surface area contributed by atoms with Crippen molar-refractivity contribution in [3.05, 3.63) is 12.2 Å². The molecule has 164 valence electrons. The molecule has 1 unspecified atom stereocenters. The first kappa shape index (κ1) is 30.9. The van der Waals surface area contributed by atoms with E-state index in [9.17, 15) is 14.7 Å². The van der Waals surface area contributed by atoms with E-state index >= 15 is 0 Å². The Balaban J connectivity index is 0. The van der Waals surface area contributed by atoms with Gasteiger partial charge in [0.1, 0.15) is 0 Å². The fourth-order valence-electron chi connectivity index (χ4n) is 3.50. The molecule has 0 heterocycles. The van der Waals surface area contributed by atoms with Crippen LogP contribution < -0.4 is 34.7 Å². The minimum absolute atomic E-state index is 0. The second-order valence-corrected chi connectivity index (χ2v) is 8.04. The number of aliphatic carboxylic acids is 2. The van der Waals surface area contributed by atoms with Gasteiger partial charge in [0, 0.05) is 12.4 Å². The predicted molar refractivity (Wildman–Crippen MR) is 114 cm³/mol. The van der Waals surface area contributed by atoms with Crippen molar-refractivity contribution in [2.45, 2.75) is 122 Å². The van der Waals surface area contributed by atoms with Gasteiger partial charge in [-0.15, -0.1) is 0 Å². The van der Waals surface area contributed by atoms with E-state index in [-0.39, 0.29) is 29.6 Å². The summed E-state index contributed by atoms with van der Waals surface area (Å²) in [5.41, 5.74) is 0. The summed E-state index contributed by atoms with van der Waals surface area (Å²) < 4.78 is 0. The number of unbranched alkanes of at least 4 members (excludes halogenated alkanes) is 14. The molecule has 1 N–H and O–H groups in total. The topological polar surface area (TPSA) is 77.4 Å². The maximum absolute atomic E-state index is 10.9. The Hall–Kier alpha value is -0.320. The van der Waals surface area contributed by atoms with Gasteiger partial charge in [0.05, 0.1) is 5.92 Å². The number of carboxylic acids is 2. The molecule has 0 aliphatic carbocycles. The number of allylic oxidation sites excluding steroid dienone is 2. The number of carbonyl (C=O) groups excluding carboxylic acids is 1. The van der Waals surface area contributed by atoms with Gasteiger partial charge >= 0.3 is 35.5 Å². The molecule has 0 rings (SSSR count). The van der Waals surface area contributed by atoms with E-state index in [1.807, 2.05) is 6.08 Å². The van der Waals surface area contributed by atoms with Crippen molar-refractivity contribution in [3.8, 4) is 0 Å². The van der Waals surface area contributed by atoms with Gasteiger partial charge in [0.15, 0.2) is 0 Å². The van der Waals surface area contributed by atoms with Gasteiger partial charge in [0.25, 0.3) is 0 Å². The van der Waals surface area contributed by atoms with Crippen molar-refractivity contribution < 1.29 is 49.4 Å². The molecular weight excluding hydrogens is 375 g/mol. The van der Waals surface area contributed by atoms with E-state index in [0.29, 0.717) is 12.8 Å². The third kappa shape index (κ3) is 23.8. The second-order valence-electron chi connectivity index (χ2n) is 8.04. The molecule has 0 saturated carbocycles. The molecule has 0 aliphatic rings. The Bertz CT molecular complexity index is 410. The van der Waals surface area contributed by atoms with Crippen molar-refractivity contribution >= 4 is 11.9 Å². The van der Waals surface area contributed by atoms with Crippen LogP contribution >= 0.6 is 0 Å². The third-order valence-electron chi connectivity index (χ3n) is 5.34. The molecule has 29 heavy (non-hydrogen) atoms. The molecule has 0 aliphatic heterocycles. The SMILES string of the molecule is CCCCCCCCCCCCCCCC/C=C/CCC(CC(=O)[O-])C(=O)O.[Na+]. The predicted octanol–water partition coefficient (Wildman–Crippen LogP) is 3.04. The number of hydrogen-bond donors (Lipinski definition) is 1. The van der Waals surface area contributed by atoms with E-state index < -0.39 is 24.3 Å². The van der Waals surface area contributed by atoms with Crippen LogP contribution in [0.5, 0.6) is 0 Å². The summed E-state index contributed by atoms with van der Waals surface area (Å²) in [5, 5.41) is 19.5. The van der Waals surface area contributed by atoms with Gasteiger partial charge in [-0.25, -0.2) is 0 Å². The first-order valence-corrected chi connectivity index (χ1v) is 11.7. The standard InChI is InChI=1S/C24H44O4.Na/c1-2-3-4-5-6-7-8-9-10-11-12-13-14-15-16-17-18-19-20-22(24(27)28)21-23(25)26;/h17-18,22H,2-16,19-21H2,1H3,(H,25,26)(H,27,28);/q;+1/p-1/b18-17+;. The van der Waals surface area contributed by atoms with E-state index in [1.54, 1.807) is 0 Å². The summed E-state index contributed by atoms with van der Waals surface area (Å²) in [5.74, 6) is -3.18. The van der Waals surface area contributed by atoms with Crippen molar-refractivity contribution in [1.82, 2.24) is 0 Å². The smallest absolute Gasteiger partial charge is 0.550 e. The van der Waals surface area contributed by atoms with Gasteiger partial charge in [-0.2, -0.15) is 0 Å². The zero-order chi connectivity index (χ0) is 20.9. The van der Waals surface area contributed by atoms with Crippen LogP contribution in [0.3, 0.4) is 0 Å². The fourth-order valence-corrected chi connectivity index (χ4v) is 3.50. The molecule has 0 spiro atoms. The Morgan fingerprint density at radius 1 is 0.759 bits per heavy atom. The third-order valence-corrected chi connectivity index (χ3v) is 5.34. The number of hydrogen-bond acceptors (Lipinski definition) is 3. The zero-order valence-corrected chi connectivity index (χ0v) is 21.1. The Labute approximate surface area is 201 Å². The van der Waals surface area contributed by atoms with E-state index in [0.717, 1.165) is 6.42 Å². The van der Waals surface area contributed by atoms with Gasteiger partial charge in [-0.05, 0) is 25.7 Å².